The Kier molecular flexibility index (Phi) is 3.85. The van der Waals surface area contributed by atoms with Crippen LogP contribution in [0, 0.1) is 0 Å². The normalized spacial score (nSPS) is 22.0. The van der Waals surface area contributed by atoms with E-state index in [1.807, 2.05) is 0 Å². The molecule has 1 amide bonds. The van der Waals surface area contributed by atoms with E-state index in [0.717, 1.165) is 0 Å². The predicted octanol–water partition coefficient (Wildman–Crippen LogP) is 2.10. The Morgan fingerprint density at radius 1 is 1.32 bits per heavy atom. The monoisotopic (exact) mass is 268 g/mol. The molecule has 1 unspecified atom stereocenters. The first kappa shape index (κ1) is 13.9. The SMILES string of the molecule is CN(C)C(=O)c1ccc(C2CCNCC2(F)F)cc1. The van der Waals surface area contributed by atoms with Gasteiger partial charge in [0.25, 0.3) is 11.8 Å². The van der Waals surface area contributed by atoms with Crippen LogP contribution in [0.4, 0.5) is 8.78 Å². The van der Waals surface area contributed by atoms with Crippen LogP contribution in [0.2, 0.25) is 0 Å². The Morgan fingerprint density at radius 2 is 1.95 bits per heavy atom. The second kappa shape index (κ2) is 5.25. The Balaban J connectivity index is 2.20. The van der Waals surface area contributed by atoms with Crippen molar-refractivity contribution < 1.29 is 13.6 Å². The number of halogens is 2. The van der Waals surface area contributed by atoms with Gasteiger partial charge in [-0.2, -0.15) is 0 Å². The molecule has 5 heteroatoms. The highest BCUT2D eigenvalue weighted by atomic mass is 19.3. The molecule has 104 valence electrons. The standard InChI is InChI=1S/C14H18F2N2O/c1-18(2)13(19)11-5-3-10(4-6-11)12-7-8-17-9-14(12,15)16/h3-6,12,17H,7-9H2,1-2H3. The molecule has 0 radical (unpaired) electrons. The molecule has 1 aromatic carbocycles. The highest BCUT2D eigenvalue weighted by molar-refractivity contribution is 5.93. The van der Waals surface area contributed by atoms with Gasteiger partial charge >= 0.3 is 0 Å². The van der Waals surface area contributed by atoms with Gasteiger partial charge in [-0.05, 0) is 30.7 Å². The van der Waals surface area contributed by atoms with Crippen LogP contribution in [0.25, 0.3) is 0 Å². The van der Waals surface area contributed by atoms with Crippen molar-refractivity contribution >= 4 is 5.91 Å². The summed E-state index contributed by atoms with van der Waals surface area (Å²) in [6.07, 6.45) is 0.411. The Hall–Kier alpha value is -1.49. The van der Waals surface area contributed by atoms with Gasteiger partial charge in [-0.3, -0.25) is 4.79 Å². The fourth-order valence-corrected chi connectivity index (χ4v) is 2.36. The zero-order valence-electron chi connectivity index (χ0n) is 11.1. The molecular formula is C14H18F2N2O. The number of nitrogens with one attached hydrogen (secondary N) is 1. The van der Waals surface area contributed by atoms with Gasteiger partial charge in [0.15, 0.2) is 0 Å². The third kappa shape index (κ3) is 2.92. The Morgan fingerprint density at radius 3 is 2.47 bits per heavy atom. The molecule has 1 aliphatic rings. The van der Waals surface area contributed by atoms with Crippen LogP contribution in [-0.4, -0.2) is 43.9 Å². The number of hydrogen-bond donors (Lipinski definition) is 1. The first-order valence-electron chi connectivity index (χ1n) is 6.32. The number of piperidine rings is 1. The molecule has 1 aliphatic heterocycles. The highest BCUT2D eigenvalue weighted by Gasteiger charge is 2.42. The summed E-state index contributed by atoms with van der Waals surface area (Å²) in [4.78, 5) is 13.2. The molecule has 0 spiro atoms. The molecule has 1 heterocycles. The number of hydrogen-bond acceptors (Lipinski definition) is 2. The van der Waals surface area contributed by atoms with Gasteiger partial charge in [0, 0.05) is 19.7 Å². The van der Waals surface area contributed by atoms with Crippen LogP contribution in [0.1, 0.15) is 28.3 Å². The van der Waals surface area contributed by atoms with Gasteiger partial charge in [-0.25, -0.2) is 8.78 Å². The average molecular weight is 268 g/mol. The molecule has 0 aliphatic carbocycles. The van der Waals surface area contributed by atoms with Crippen molar-refractivity contribution in [3.8, 4) is 0 Å². The van der Waals surface area contributed by atoms with Crippen molar-refractivity contribution in [3.05, 3.63) is 35.4 Å². The third-order valence-electron chi connectivity index (χ3n) is 3.45. The number of rotatable bonds is 2. The zero-order chi connectivity index (χ0) is 14.0. The van der Waals surface area contributed by atoms with Crippen LogP contribution < -0.4 is 5.32 Å². The van der Waals surface area contributed by atoms with Crippen molar-refractivity contribution in [3.63, 3.8) is 0 Å². The lowest BCUT2D eigenvalue weighted by Gasteiger charge is -2.32. The molecular weight excluding hydrogens is 250 g/mol. The average Bonchev–Trinajstić information content (AvgIpc) is 2.37. The van der Waals surface area contributed by atoms with E-state index in [0.29, 0.717) is 24.1 Å². The second-order valence-corrected chi connectivity index (χ2v) is 5.10. The molecule has 1 atom stereocenters. The van der Waals surface area contributed by atoms with Gasteiger partial charge < -0.3 is 10.2 Å². The Labute approximate surface area is 111 Å². The topological polar surface area (TPSA) is 32.3 Å². The fourth-order valence-electron chi connectivity index (χ4n) is 2.36. The first-order chi connectivity index (χ1) is 8.92. The molecule has 0 aromatic heterocycles. The number of amides is 1. The first-order valence-corrected chi connectivity index (χ1v) is 6.32. The number of carbonyl (C=O) groups is 1. The molecule has 0 bridgehead atoms. The third-order valence-corrected chi connectivity index (χ3v) is 3.45. The lowest BCUT2D eigenvalue weighted by molar-refractivity contribution is -0.0420. The number of carbonyl (C=O) groups excluding carboxylic acids is 1. The summed E-state index contributed by atoms with van der Waals surface area (Å²) in [7, 11) is 3.33. The summed E-state index contributed by atoms with van der Waals surface area (Å²) < 4.78 is 27.6. The van der Waals surface area contributed by atoms with E-state index in [1.54, 1.807) is 38.4 Å². The van der Waals surface area contributed by atoms with Crippen LogP contribution in [0.3, 0.4) is 0 Å². The minimum atomic E-state index is -2.73. The molecule has 2 rings (SSSR count). The smallest absolute Gasteiger partial charge is 0.267 e. The van der Waals surface area contributed by atoms with Gasteiger partial charge in [0.2, 0.25) is 0 Å². The van der Waals surface area contributed by atoms with Crippen LogP contribution in [-0.2, 0) is 0 Å². The van der Waals surface area contributed by atoms with Crippen LogP contribution in [0.15, 0.2) is 24.3 Å². The number of alkyl halides is 2. The van der Waals surface area contributed by atoms with E-state index in [2.05, 4.69) is 5.32 Å². The summed E-state index contributed by atoms with van der Waals surface area (Å²) in [5, 5.41) is 2.71. The summed E-state index contributed by atoms with van der Waals surface area (Å²) in [6.45, 7) is 0.314. The molecule has 1 N–H and O–H groups in total. The summed E-state index contributed by atoms with van der Waals surface area (Å²) in [5.41, 5.74) is 1.12. The maximum atomic E-state index is 13.8. The zero-order valence-corrected chi connectivity index (χ0v) is 11.1. The minimum absolute atomic E-state index is 0.122. The van der Waals surface area contributed by atoms with E-state index >= 15 is 0 Å². The largest absolute Gasteiger partial charge is 0.345 e. The lowest BCUT2D eigenvalue weighted by Crippen LogP contribution is -2.44. The molecule has 19 heavy (non-hydrogen) atoms. The van der Waals surface area contributed by atoms with E-state index in [9.17, 15) is 13.6 Å². The van der Waals surface area contributed by atoms with E-state index in [-0.39, 0.29) is 12.5 Å². The Bertz CT molecular complexity index is 457. The maximum Gasteiger partial charge on any atom is 0.267 e. The van der Waals surface area contributed by atoms with E-state index < -0.39 is 11.8 Å². The van der Waals surface area contributed by atoms with Crippen molar-refractivity contribution in [1.29, 1.82) is 0 Å². The molecule has 0 saturated carbocycles. The van der Waals surface area contributed by atoms with Crippen molar-refractivity contribution in [2.24, 2.45) is 0 Å². The maximum absolute atomic E-state index is 13.8. The van der Waals surface area contributed by atoms with Crippen LogP contribution >= 0.6 is 0 Å². The van der Waals surface area contributed by atoms with Gasteiger partial charge in [0.1, 0.15) is 0 Å². The van der Waals surface area contributed by atoms with Gasteiger partial charge in [-0.15, -0.1) is 0 Å². The number of nitrogens with zero attached hydrogens (tertiary/aromatic N) is 1. The molecule has 3 nitrogen and oxygen atoms in total. The minimum Gasteiger partial charge on any atom is -0.345 e. The summed E-state index contributed by atoms with van der Waals surface area (Å²) >= 11 is 0. The lowest BCUT2D eigenvalue weighted by atomic mass is 9.86. The van der Waals surface area contributed by atoms with Crippen molar-refractivity contribution in [2.75, 3.05) is 27.2 Å². The van der Waals surface area contributed by atoms with Crippen LogP contribution in [0.5, 0.6) is 0 Å². The highest BCUT2D eigenvalue weighted by Crippen LogP contribution is 2.37. The molecule has 1 saturated heterocycles. The second-order valence-electron chi connectivity index (χ2n) is 5.10. The quantitative estimate of drug-likeness (QED) is 0.891. The molecule has 1 aromatic rings. The predicted molar refractivity (Wildman–Crippen MR) is 69.6 cm³/mol. The number of benzene rings is 1. The van der Waals surface area contributed by atoms with Gasteiger partial charge in [-0.1, -0.05) is 12.1 Å². The molecule has 1 fully saturated rings. The van der Waals surface area contributed by atoms with E-state index in [1.165, 1.54) is 4.90 Å². The fraction of sp³-hybridized carbons (Fsp3) is 0.500. The van der Waals surface area contributed by atoms with Crippen molar-refractivity contribution in [2.45, 2.75) is 18.3 Å². The summed E-state index contributed by atoms with van der Waals surface area (Å²) in [6, 6.07) is 6.52. The van der Waals surface area contributed by atoms with Crippen molar-refractivity contribution in [1.82, 2.24) is 10.2 Å². The van der Waals surface area contributed by atoms with E-state index in [4.69, 9.17) is 0 Å². The summed E-state index contributed by atoms with van der Waals surface area (Å²) in [5.74, 6) is -3.62. The van der Waals surface area contributed by atoms with Gasteiger partial charge in [0.05, 0.1) is 12.5 Å².